The fourth-order valence-corrected chi connectivity index (χ4v) is 1.74. The average molecular weight is 224 g/mol. The first kappa shape index (κ1) is 10.2. The lowest BCUT2D eigenvalue weighted by atomic mass is 10.3. The molecule has 2 rings (SSSR count). The Kier molecular flexibility index (Phi) is 3.01. The number of nitrogens with zero attached hydrogens (tertiary/aromatic N) is 1. The van der Waals surface area contributed by atoms with E-state index in [2.05, 4.69) is 10.3 Å². The third-order valence-corrected chi connectivity index (χ3v) is 2.84. The molecule has 0 fully saturated rings. The summed E-state index contributed by atoms with van der Waals surface area (Å²) in [4.78, 5) is 4.21. The van der Waals surface area contributed by atoms with Crippen LogP contribution < -0.4 is 5.32 Å². The van der Waals surface area contributed by atoms with Gasteiger partial charge in [-0.2, -0.15) is 0 Å². The summed E-state index contributed by atoms with van der Waals surface area (Å²) in [6.45, 7) is 0.653. The Hall–Kier alpha value is -1.36. The van der Waals surface area contributed by atoms with Gasteiger partial charge in [-0.05, 0) is 12.1 Å². The Labute approximate surface area is 90.1 Å². The highest BCUT2D eigenvalue weighted by Crippen LogP contribution is 2.21. The van der Waals surface area contributed by atoms with Crippen LogP contribution in [0.1, 0.15) is 0 Å². The molecule has 0 aliphatic rings. The first-order valence-electron chi connectivity index (χ1n) is 4.63. The molecule has 0 amide bonds. The molecule has 80 valence electrons. The zero-order valence-corrected chi connectivity index (χ0v) is 9.21. The van der Waals surface area contributed by atoms with Crippen molar-refractivity contribution in [2.24, 2.45) is 0 Å². The van der Waals surface area contributed by atoms with Crippen LogP contribution in [0.3, 0.4) is 0 Å². The molecule has 4 nitrogen and oxygen atoms in total. The Morgan fingerprint density at radius 2 is 2.40 bits per heavy atom. The molecule has 2 heterocycles. The Morgan fingerprint density at radius 1 is 1.53 bits per heavy atom. The van der Waals surface area contributed by atoms with E-state index >= 15 is 0 Å². The van der Waals surface area contributed by atoms with E-state index in [1.54, 1.807) is 18.7 Å². The number of pyridine rings is 1. The van der Waals surface area contributed by atoms with Crippen LogP contribution in [0, 0.1) is 0 Å². The molecule has 0 bridgehead atoms. The van der Waals surface area contributed by atoms with Crippen LogP contribution in [0.5, 0.6) is 0 Å². The lowest BCUT2D eigenvalue weighted by Gasteiger charge is -2.04. The molecule has 0 aromatic carbocycles. The molecule has 1 unspecified atom stereocenters. The Bertz CT molecular complexity index is 481. The summed E-state index contributed by atoms with van der Waals surface area (Å²) in [5.74, 6) is 1.40. The number of nitrogens with one attached hydrogen (secondary N) is 1. The van der Waals surface area contributed by atoms with Crippen molar-refractivity contribution in [3.05, 3.63) is 24.6 Å². The normalized spacial score (nSPS) is 12.9. The van der Waals surface area contributed by atoms with Crippen LogP contribution in [-0.2, 0) is 10.8 Å². The summed E-state index contributed by atoms with van der Waals surface area (Å²) in [6.07, 6.45) is 5.01. The summed E-state index contributed by atoms with van der Waals surface area (Å²) in [5, 5.41) is 4.10. The molecular formula is C10H12N2O2S. The topological polar surface area (TPSA) is 55.1 Å². The van der Waals surface area contributed by atoms with Crippen LogP contribution in [0.15, 0.2) is 29.0 Å². The monoisotopic (exact) mass is 224 g/mol. The van der Waals surface area contributed by atoms with E-state index in [-0.39, 0.29) is 0 Å². The first-order chi connectivity index (χ1) is 7.27. The van der Waals surface area contributed by atoms with E-state index < -0.39 is 10.8 Å². The van der Waals surface area contributed by atoms with Gasteiger partial charge in [0.05, 0.1) is 11.6 Å². The Balaban J connectivity index is 2.13. The molecule has 1 atom stereocenters. The van der Waals surface area contributed by atoms with Crippen molar-refractivity contribution in [2.45, 2.75) is 0 Å². The molecule has 0 aliphatic carbocycles. The van der Waals surface area contributed by atoms with Gasteiger partial charge in [0.1, 0.15) is 11.4 Å². The highest BCUT2D eigenvalue weighted by atomic mass is 32.2. The minimum absolute atomic E-state index is 0.621. The van der Waals surface area contributed by atoms with Gasteiger partial charge in [0, 0.05) is 35.5 Å². The summed E-state index contributed by atoms with van der Waals surface area (Å²) in [6, 6.07) is 3.69. The minimum Gasteiger partial charge on any atom is -0.464 e. The van der Waals surface area contributed by atoms with E-state index in [0.717, 1.165) is 16.8 Å². The molecule has 0 radical (unpaired) electrons. The van der Waals surface area contributed by atoms with Gasteiger partial charge in [-0.1, -0.05) is 0 Å². The second-order valence-corrected chi connectivity index (χ2v) is 4.75. The second kappa shape index (κ2) is 4.44. The van der Waals surface area contributed by atoms with Gasteiger partial charge < -0.3 is 9.73 Å². The molecule has 15 heavy (non-hydrogen) atoms. The summed E-state index contributed by atoms with van der Waals surface area (Å²) in [5.41, 5.74) is 0.810. The average Bonchev–Trinajstić information content (AvgIpc) is 2.65. The van der Waals surface area contributed by atoms with Gasteiger partial charge >= 0.3 is 0 Å². The number of hydrogen-bond donors (Lipinski definition) is 1. The number of anilines is 1. The van der Waals surface area contributed by atoms with Crippen LogP contribution in [0.4, 0.5) is 5.82 Å². The van der Waals surface area contributed by atoms with Crippen LogP contribution >= 0.6 is 0 Å². The molecule has 2 aromatic rings. The zero-order valence-electron chi connectivity index (χ0n) is 8.40. The standard InChI is InChI=1S/C10H12N2O2S/c1-15(13)7-5-12-10-8-3-6-14-9(8)2-4-11-10/h2-4,6H,5,7H2,1H3,(H,11,12). The summed E-state index contributed by atoms with van der Waals surface area (Å²) in [7, 11) is -0.777. The third-order valence-electron chi connectivity index (χ3n) is 2.06. The molecular weight excluding hydrogens is 212 g/mol. The van der Waals surface area contributed by atoms with Crippen molar-refractivity contribution in [3.8, 4) is 0 Å². The number of hydrogen-bond acceptors (Lipinski definition) is 4. The predicted molar refractivity (Wildman–Crippen MR) is 61.4 cm³/mol. The van der Waals surface area contributed by atoms with Gasteiger partial charge in [-0.15, -0.1) is 0 Å². The molecule has 2 aromatic heterocycles. The highest BCUT2D eigenvalue weighted by Gasteiger charge is 2.03. The second-order valence-electron chi connectivity index (χ2n) is 3.20. The van der Waals surface area contributed by atoms with Crippen LogP contribution in [0.25, 0.3) is 11.0 Å². The van der Waals surface area contributed by atoms with Crippen molar-refractivity contribution in [2.75, 3.05) is 23.9 Å². The van der Waals surface area contributed by atoms with Gasteiger partial charge in [-0.25, -0.2) is 4.98 Å². The van der Waals surface area contributed by atoms with Crippen molar-refractivity contribution >= 4 is 27.6 Å². The lowest BCUT2D eigenvalue weighted by Crippen LogP contribution is -2.10. The summed E-state index contributed by atoms with van der Waals surface area (Å²) >= 11 is 0. The van der Waals surface area contributed by atoms with Crippen molar-refractivity contribution < 1.29 is 8.63 Å². The van der Waals surface area contributed by atoms with Crippen molar-refractivity contribution in [3.63, 3.8) is 0 Å². The largest absolute Gasteiger partial charge is 0.464 e. The predicted octanol–water partition coefficient (Wildman–Crippen LogP) is 1.62. The fraction of sp³-hybridized carbons (Fsp3) is 0.300. The maximum absolute atomic E-state index is 10.9. The third kappa shape index (κ3) is 2.36. The van der Waals surface area contributed by atoms with Gasteiger partial charge in [0.15, 0.2) is 0 Å². The number of aromatic nitrogens is 1. The minimum atomic E-state index is -0.777. The van der Waals surface area contributed by atoms with E-state index in [0.29, 0.717) is 12.3 Å². The quantitative estimate of drug-likeness (QED) is 0.857. The zero-order chi connectivity index (χ0) is 10.7. The van der Waals surface area contributed by atoms with Gasteiger partial charge in [0.25, 0.3) is 0 Å². The smallest absolute Gasteiger partial charge is 0.139 e. The van der Waals surface area contributed by atoms with Crippen LogP contribution in [-0.4, -0.2) is 27.7 Å². The van der Waals surface area contributed by atoms with E-state index in [1.807, 2.05) is 12.1 Å². The maximum atomic E-state index is 10.9. The van der Waals surface area contributed by atoms with Crippen LogP contribution in [0.2, 0.25) is 0 Å². The fourth-order valence-electron chi connectivity index (χ4n) is 1.35. The molecule has 1 N–H and O–H groups in total. The van der Waals surface area contributed by atoms with Gasteiger partial charge in [0.2, 0.25) is 0 Å². The summed E-state index contributed by atoms with van der Waals surface area (Å²) < 4.78 is 16.1. The first-order valence-corrected chi connectivity index (χ1v) is 6.36. The van der Waals surface area contributed by atoms with Crippen molar-refractivity contribution in [1.29, 1.82) is 0 Å². The van der Waals surface area contributed by atoms with E-state index in [1.165, 1.54) is 0 Å². The van der Waals surface area contributed by atoms with E-state index in [4.69, 9.17) is 4.42 Å². The Morgan fingerprint density at radius 3 is 3.20 bits per heavy atom. The molecule has 0 aliphatic heterocycles. The van der Waals surface area contributed by atoms with Gasteiger partial charge in [-0.3, -0.25) is 4.21 Å². The number of fused-ring (bicyclic) bond motifs is 1. The SMILES string of the molecule is CS(=O)CCNc1nccc2occc12. The highest BCUT2D eigenvalue weighted by molar-refractivity contribution is 7.84. The van der Waals surface area contributed by atoms with E-state index in [9.17, 15) is 4.21 Å². The molecule has 5 heteroatoms. The molecule has 0 saturated heterocycles. The lowest BCUT2D eigenvalue weighted by molar-refractivity contribution is 0.615. The maximum Gasteiger partial charge on any atom is 0.139 e. The number of rotatable bonds is 4. The molecule has 0 spiro atoms. The molecule has 0 saturated carbocycles. The van der Waals surface area contributed by atoms with Crippen molar-refractivity contribution in [1.82, 2.24) is 4.98 Å². The number of furan rings is 1.